The summed E-state index contributed by atoms with van der Waals surface area (Å²) in [6.45, 7) is 8.36. The van der Waals surface area contributed by atoms with Gasteiger partial charge >= 0.3 is 0 Å². The Bertz CT molecular complexity index is 818. The molecule has 0 bridgehead atoms. The fourth-order valence-electron chi connectivity index (χ4n) is 4.87. The minimum atomic E-state index is 0.680. The topological polar surface area (TPSA) is 3.24 Å². The molecule has 0 aliphatic carbocycles. The lowest BCUT2D eigenvalue weighted by atomic mass is 9.90. The van der Waals surface area contributed by atoms with Gasteiger partial charge in [0.25, 0.3) is 0 Å². The van der Waals surface area contributed by atoms with E-state index in [1.165, 1.54) is 73.3 Å². The second kappa shape index (κ2) is 10.00. The number of fused-ring (bicyclic) bond motifs is 1. The first-order valence-corrected chi connectivity index (χ1v) is 12.2. The predicted molar refractivity (Wildman–Crippen MR) is 127 cm³/mol. The molecule has 0 radical (unpaired) electrons. The van der Waals surface area contributed by atoms with Crippen molar-refractivity contribution in [3.05, 3.63) is 76.9 Å². The van der Waals surface area contributed by atoms with Crippen molar-refractivity contribution < 1.29 is 0 Å². The van der Waals surface area contributed by atoms with Gasteiger partial charge in [0, 0.05) is 16.7 Å². The Morgan fingerprint density at radius 2 is 1.86 bits per heavy atom. The van der Waals surface area contributed by atoms with Crippen LogP contribution in [0.25, 0.3) is 0 Å². The first-order valence-electron chi connectivity index (χ1n) is 11.4. The van der Waals surface area contributed by atoms with Crippen molar-refractivity contribution in [1.82, 2.24) is 4.90 Å². The molecule has 2 aromatic rings. The van der Waals surface area contributed by atoms with Gasteiger partial charge in [-0.05, 0) is 81.6 Å². The largest absolute Gasteiger partial charge is 0.303 e. The standard InChI is InChI=1S/C27H35NS/c1-21-10-11-27-26(17-21)20-25(18-22(2)29-27)9-6-14-28-15-12-24(13-16-28)19-23-7-4-3-5-8-23/h3-5,7-11,17,22,24H,6,12-16,18-20H2,1-2H3/b25-9+/t22-/m0/s1. The number of rotatable bonds is 5. The van der Waals surface area contributed by atoms with Crippen molar-refractivity contribution in [3.63, 3.8) is 0 Å². The van der Waals surface area contributed by atoms with Crippen LogP contribution in [-0.4, -0.2) is 29.8 Å². The van der Waals surface area contributed by atoms with Crippen molar-refractivity contribution in [2.24, 2.45) is 5.92 Å². The van der Waals surface area contributed by atoms with Crippen LogP contribution >= 0.6 is 11.8 Å². The van der Waals surface area contributed by atoms with Gasteiger partial charge in [-0.3, -0.25) is 0 Å². The Hall–Kier alpha value is -1.51. The zero-order valence-corrected chi connectivity index (χ0v) is 18.9. The van der Waals surface area contributed by atoms with Gasteiger partial charge in [0.05, 0.1) is 0 Å². The molecule has 1 saturated heterocycles. The van der Waals surface area contributed by atoms with Gasteiger partial charge in [0.2, 0.25) is 0 Å². The second-order valence-corrected chi connectivity index (χ2v) is 10.5. The summed E-state index contributed by atoms with van der Waals surface area (Å²) in [6.07, 6.45) is 10.1. The monoisotopic (exact) mass is 405 g/mol. The maximum absolute atomic E-state index is 2.69. The molecular formula is C27H35NS. The van der Waals surface area contributed by atoms with Crippen molar-refractivity contribution >= 4 is 11.8 Å². The first kappa shape index (κ1) is 20.8. The number of hydrogen-bond donors (Lipinski definition) is 0. The minimum absolute atomic E-state index is 0.680. The summed E-state index contributed by atoms with van der Waals surface area (Å²) >= 11 is 2.06. The van der Waals surface area contributed by atoms with Gasteiger partial charge in [-0.2, -0.15) is 0 Å². The average molecular weight is 406 g/mol. The third kappa shape index (κ3) is 5.99. The molecule has 0 amide bonds. The Morgan fingerprint density at radius 3 is 2.66 bits per heavy atom. The van der Waals surface area contributed by atoms with E-state index >= 15 is 0 Å². The van der Waals surface area contributed by atoms with Crippen molar-refractivity contribution in [3.8, 4) is 0 Å². The Kier molecular flexibility index (Phi) is 7.15. The minimum Gasteiger partial charge on any atom is -0.303 e. The summed E-state index contributed by atoms with van der Waals surface area (Å²) in [5.41, 5.74) is 6.07. The van der Waals surface area contributed by atoms with Crippen LogP contribution in [-0.2, 0) is 12.8 Å². The zero-order valence-electron chi connectivity index (χ0n) is 18.1. The average Bonchev–Trinajstić information content (AvgIpc) is 2.87. The molecule has 154 valence electrons. The lowest BCUT2D eigenvalue weighted by Gasteiger charge is -2.31. The van der Waals surface area contributed by atoms with E-state index in [9.17, 15) is 0 Å². The molecule has 4 rings (SSSR count). The van der Waals surface area contributed by atoms with Crippen molar-refractivity contribution in [1.29, 1.82) is 0 Å². The van der Waals surface area contributed by atoms with Crippen LogP contribution in [0.5, 0.6) is 0 Å². The highest BCUT2D eigenvalue weighted by molar-refractivity contribution is 8.00. The lowest BCUT2D eigenvalue weighted by Crippen LogP contribution is -2.34. The third-order valence-electron chi connectivity index (χ3n) is 6.46. The van der Waals surface area contributed by atoms with Gasteiger partial charge in [-0.15, -0.1) is 11.8 Å². The molecule has 0 spiro atoms. The number of benzene rings is 2. The van der Waals surface area contributed by atoms with Crippen LogP contribution in [0.3, 0.4) is 0 Å². The fraction of sp³-hybridized carbons (Fsp3) is 0.481. The van der Waals surface area contributed by atoms with Crippen LogP contribution < -0.4 is 0 Å². The molecule has 2 heterocycles. The van der Waals surface area contributed by atoms with Crippen LogP contribution in [0.4, 0.5) is 0 Å². The number of likely N-dealkylation sites (tertiary alicyclic amines) is 1. The number of piperidine rings is 1. The van der Waals surface area contributed by atoms with Gasteiger partial charge in [-0.1, -0.05) is 66.6 Å². The van der Waals surface area contributed by atoms with E-state index in [1.807, 2.05) is 0 Å². The first-order chi connectivity index (χ1) is 14.2. The van der Waals surface area contributed by atoms with Crippen LogP contribution in [0.1, 0.15) is 49.3 Å². The molecule has 29 heavy (non-hydrogen) atoms. The van der Waals surface area contributed by atoms with E-state index in [1.54, 1.807) is 5.57 Å². The van der Waals surface area contributed by atoms with E-state index in [0.717, 1.165) is 12.3 Å². The maximum Gasteiger partial charge on any atom is 0.0110 e. The van der Waals surface area contributed by atoms with Crippen molar-refractivity contribution in [2.75, 3.05) is 19.6 Å². The highest BCUT2D eigenvalue weighted by atomic mass is 32.2. The summed E-state index contributed by atoms with van der Waals surface area (Å²) in [4.78, 5) is 4.18. The number of aryl methyl sites for hydroxylation is 1. The third-order valence-corrected chi connectivity index (χ3v) is 7.69. The molecule has 2 aliphatic heterocycles. The molecule has 0 unspecified atom stereocenters. The Labute approximate surface area is 181 Å². The SMILES string of the molecule is Cc1ccc2c(c1)C/C(=C/CCN1CCC(Cc3ccccc3)CC1)C[C@H](C)S2. The van der Waals surface area contributed by atoms with Crippen LogP contribution in [0.2, 0.25) is 0 Å². The fourth-order valence-corrected chi connectivity index (χ4v) is 6.03. The van der Waals surface area contributed by atoms with Gasteiger partial charge in [0.15, 0.2) is 0 Å². The smallest absolute Gasteiger partial charge is 0.0110 e. The Morgan fingerprint density at radius 1 is 1.07 bits per heavy atom. The van der Waals surface area contributed by atoms with E-state index in [4.69, 9.17) is 0 Å². The number of nitrogens with zero attached hydrogens (tertiary/aromatic N) is 1. The molecule has 0 saturated carbocycles. The number of allylic oxidation sites excluding steroid dienone is 1. The normalized spacial score (nSPS) is 22.4. The molecule has 0 aromatic heterocycles. The molecule has 2 heteroatoms. The summed E-state index contributed by atoms with van der Waals surface area (Å²) in [5, 5.41) is 0.680. The summed E-state index contributed by atoms with van der Waals surface area (Å²) in [6, 6.07) is 18.0. The molecule has 2 aliphatic rings. The second-order valence-electron chi connectivity index (χ2n) is 9.05. The van der Waals surface area contributed by atoms with E-state index in [2.05, 4.69) is 85.1 Å². The van der Waals surface area contributed by atoms with Gasteiger partial charge < -0.3 is 4.90 Å². The highest BCUT2D eigenvalue weighted by Gasteiger charge is 2.20. The molecule has 0 N–H and O–H groups in total. The van der Waals surface area contributed by atoms with E-state index in [-0.39, 0.29) is 0 Å². The summed E-state index contributed by atoms with van der Waals surface area (Å²) in [5.74, 6) is 0.867. The summed E-state index contributed by atoms with van der Waals surface area (Å²) in [7, 11) is 0. The number of hydrogen-bond acceptors (Lipinski definition) is 2. The van der Waals surface area contributed by atoms with Crippen LogP contribution in [0.15, 0.2) is 65.1 Å². The molecule has 1 fully saturated rings. The number of thioether (sulfide) groups is 1. The molecular weight excluding hydrogens is 370 g/mol. The molecule has 1 atom stereocenters. The summed E-state index contributed by atoms with van der Waals surface area (Å²) < 4.78 is 0. The van der Waals surface area contributed by atoms with Gasteiger partial charge in [0.1, 0.15) is 0 Å². The quantitative estimate of drug-likeness (QED) is 0.510. The van der Waals surface area contributed by atoms with Crippen LogP contribution in [0, 0.1) is 12.8 Å². The molecule has 2 aromatic carbocycles. The lowest BCUT2D eigenvalue weighted by molar-refractivity contribution is 0.187. The van der Waals surface area contributed by atoms with Crippen molar-refractivity contribution in [2.45, 2.75) is 62.5 Å². The Balaban J connectivity index is 1.26. The predicted octanol–water partition coefficient (Wildman–Crippen LogP) is 6.69. The maximum atomic E-state index is 2.69. The van der Waals surface area contributed by atoms with Gasteiger partial charge in [-0.25, -0.2) is 0 Å². The van der Waals surface area contributed by atoms with E-state index in [0.29, 0.717) is 5.25 Å². The molecule has 1 nitrogen and oxygen atoms in total. The highest BCUT2D eigenvalue weighted by Crippen LogP contribution is 2.36. The van der Waals surface area contributed by atoms with E-state index < -0.39 is 0 Å². The zero-order chi connectivity index (χ0) is 20.1.